The molecule has 0 radical (unpaired) electrons. The van der Waals surface area contributed by atoms with Gasteiger partial charge in [-0.3, -0.25) is 0 Å². The molecular weight excluding hydrogens is 324 g/mol. The number of anilines is 3. The maximum atomic E-state index is 12.1. The minimum absolute atomic E-state index is 0.0456. The largest absolute Gasteiger partial charge is 0.462 e. The van der Waals surface area contributed by atoms with E-state index in [0.29, 0.717) is 16.5 Å². The van der Waals surface area contributed by atoms with E-state index in [1.807, 2.05) is 6.26 Å². The van der Waals surface area contributed by atoms with E-state index >= 15 is 0 Å². The fourth-order valence-electron chi connectivity index (χ4n) is 1.73. The van der Waals surface area contributed by atoms with Crippen LogP contribution in [-0.4, -0.2) is 28.8 Å². The van der Waals surface area contributed by atoms with Crippen molar-refractivity contribution in [2.24, 2.45) is 0 Å². The Kier molecular flexibility index (Phi) is 5.46. The van der Waals surface area contributed by atoms with Crippen LogP contribution in [0.2, 0.25) is 5.15 Å². The maximum Gasteiger partial charge on any atom is 0.345 e. The maximum absolute atomic E-state index is 12.1. The first-order valence-corrected chi connectivity index (χ1v) is 8.06. The van der Waals surface area contributed by atoms with Crippen LogP contribution in [0.4, 0.5) is 17.2 Å². The Hall–Kier alpha value is -1.99. The van der Waals surface area contributed by atoms with Crippen molar-refractivity contribution in [3.8, 4) is 0 Å². The van der Waals surface area contributed by atoms with Crippen LogP contribution in [0.1, 0.15) is 17.3 Å². The number of carbonyl (C=O) groups excluding carboxylic acids is 1. The number of esters is 1. The molecule has 0 fully saturated rings. The molecule has 6 nitrogen and oxygen atoms in total. The number of benzene rings is 1. The van der Waals surface area contributed by atoms with E-state index in [9.17, 15) is 4.79 Å². The van der Waals surface area contributed by atoms with Crippen LogP contribution in [0.15, 0.2) is 29.4 Å². The first-order valence-electron chi connectivity index (χ1n) is 6.46. The lowest BCUT2D eigenvalue weighted by molar-refractivity contribution is 0.0526. The Morgan fingerprint density at radius 1 is 1.45 bits per heavy atom. The van der Waals surface area contributed by atoms with Crippen molar-refractivity contribution < 1.29 is 9.53 Å². The van der Waals surface area contributed by atoms with E-state index in [-0.39, 0.29) is 23.1 Å². The molecule has 0 amide bonds. The van der Waals surface area contributed by atoms with E-state index in [2.05, 4.69) is 15.3 Å². The average Bonchev–Trinajstić information content (AvgIpc) is 2.46. The van der Waals surface area contributed by atoms with Crippen LogP contribution in [-0.2, 0) is 4.74 Å². The topological polar surface area (TPSA) is 90.1 Å². The summed E-state index contributed by atoms with van der Waals surface area (Å²) < 4.78 is 5.01. The second-order valence-electron chi connectivity index (χ2n) is 4.20. The Balaban J connectivity index is 2.46. The van der Waals surface area contributed by atoms with E-state index < -0.39 is 5.97 Å². The van der Waals surface area contributed by atoms with Gasteiger partial charge in [0, 0.05) is 11.4 Å². The SMILES string of the molecule is CCOC(=O)c1c(Cl)nc(SC)nc1Nc1cccc(N)c1. The molecule has 22 heavy (non-hydrogen) atoms. The molecule has 3 N–H and O–H groups in total. The lowest BCUT2D eigenvalue weighted by Crippen LogP contribution is -2.12. The summed E-state index contributed by atoms with van der Waals surface area (Å²) in [6, 6.07) is 7.08. The Morgan fingerprint density at radius 2 is 2.23 bits per heavy atom. The molecule has 0 unspecified atom stereocenters. The number of aromatic nitrogens is 2. The zero-order chi connectivity index (χ0) is 16.1. The van der Waals surface area contributed by atoms with Gasteiger partial charge in [-0.1, -0.05) is 29.4 Å². The van der Waals surface area contributed by atoms with Crippen LogP contribution in [0.3, 0.4) is 0 Å². The van der Waals surface area contributed by atoms with E-state index in [1.165, 1.54) is 11.8 Å². The molecule has 116 valence electrons. The fourth-order valence-corrected chi connectivity index (χ4v) is 2.40. The molecule has 0 saturated heterocycles. The van der Waals surface area contributed by atoms with Gasteiger partial charge in [0.15, 0.2) is 11.0 Å². The zero-order valence-corrected chi connectivity index (χ0v) is 13.7. The Bertz CT molecular complexity index is 697. The predicted octanol–water partition coefficient (Wildman–Crippen LogP) is 3.35. The standard InChI is InChI=1S/C14H15ClN4O2S/c1-3-21-13(20)10-11(15)18-14(22-2)19-12(10)17-9-6-4-5-8(16)7-9/h4-7H,3,16H2,1-2H3,(H,17,18,19). The number of carbonyl (C=O) groups is 1. The Morgan fingerprint density at radius 3 is 2.86 bits per heavy atom. The van der Waals surface area contributed by atoms with Crippen molar-refractivity contribution in [2.75, 3.05) is 23.9 Å². The highest BCUT2D eigenvalue weighted by atomic mass is 35.5. The molecule has 0 spiro atoms. The van der Waals surface area contributed by atoms with E-state index in [0.717, 1.165) is 0 Å². The van der Waals surface area contributed by atoms with Crippen LogP contribution >= 0.6 is 23.4 Å². The molecule has 2 rings (SSSR count). The summed E-state index contributed by atoms with van der Waals surface area (Å²) in [6.07, 6.45) is 1.82. The predicted molar refractivity (Wildman–Crippen MR) is 88.9 cm³/mol. The van der Waals surface area contributed by atoms with Gasteiger partial charge in [0.1, 0.15) is 10.7 Å². The van der Waals surface area contributed by atoms with Gasteiger partial charge >= 0.3 is 5.97 Å². The van der Waals surface area contributed by atoms with Gasteiger partial charge in [0.05, 0.1) is 6.61 Å². The minimum Gasteiger partial charge on any atom is -0.462 e. The fraction of sp³-hybridized carbons (Fsp3) is 0.214. The zero-order valence-electron chi connectivity index (χ0n) is 12.1. The number of nitrogens with two attached hydrogens (primary N) is 1. The quantitative estimate of drug-likeness (QED) is 0.284. The van der Waals surface area contributed by atoms with E-state index in [4.69, 9.17) is 22.1 Å². The molecule has 0 saturated carbocycles. The van der Waals surface area contributed by atoms with Gasteiger partial charge in [-0.05, 0) is 31.4 Å². The number of rotatable bonds is 5. The van der Waals surface area contributed by atoms with Crippen molar-refractivity contribution in [3.63, 3.8) is 0 Å². The highest BCUT2D eigenvalue weighted by Crippen LogP contribution is 2.28. The molecule has 1 heterocycles. The molecule has 0 bridgehead atoms. The third-order valence-corrected chi connectivity index (χ3v) is 3.48. The summed E-state index contributed by atoms with van der Waals surface area (Å²) in [6.45, 7) is 1.95. The van der Waals surface area contributed by atoms with Crippen molar-refractivity contribution in [1.82, 2.24) is 9.97 Å². The molecule has 0 aliphatic rings. The van der Waals surface area contributed by atoms with Gasteiger partial charge < -0.3 is 15.8 Å². The number of thioether (sulfide) groups is 1. The molecule has 0 atom stereocenters. The van der Waals surface area contributed by atoms with Crippen molar-refractivity contribution in [2.45, 2.75) is 12.1 Å². The highest BCUT2D eigenvalue weighted by Gasteiger charge is 2.21. The summed E-state index contributed by atoms with van der Waals surface area (Å²) in [5.74, 6) is -0.292. The number of hydrogen-bond acceptors (Lipinski definition) is 7. The average molecular weight is 339 g/mol. The van der Waals surface area contributed by atoms with Crippen LogP contribution < -0.4 is 11.1 Å². The lowest BCUT2D eigenvalue weighted by atomic mass is 10.2. The minimum atomic E-state index is -0.577. The first-order chi connectivity index (χ1) is 10.5. The number of ether oxygens (including phenoxy) is 1. The van der Waals surface area contributed by atoms with Crippen LogP contribution in [0.5, 0.6) is 0 Å². The third-order valence-electron chi connectivity index (χ3n) is 2.66. The molecular formula is C14H15ClN4O2S. The summed E-state index contributed by atoms with van der Waals surface area (Å²) >= 11 is 7.43. The van der Waals surface area contributed by atoms with Gasteiger partial charge in [-0.25, -0.2) is 14.8 Å². The summed E-state index contributed by atoms with van der Waals surface area (Å²) in [5, 5.41) is 3.53. The second-order valence-corrected chi connectivity index (χ2v) is 5.33. The van der Waals surface area contributed by atoms with E-state index in [1.54, 1.807) is 31.2 Å². The van der Waals surface area contributed by atoms with Gasteiger partial charge in [0.25, 0.3) is 0 Å². The number of hydrogen-bond donors (Lipinski definition) is 2. The van der Waals surface area contributed by atoms with Crippen LogP contribution in [0.25, 0.3) is 0 Å². The lowest BCUT2D eigenvalue weighted by Gasteiger charge is -2.12. The Labute approximate surface area is 137 Å². The number of halogens is 1. The van der Waals surface area contributed by atoms with Gasteiger partial charge in [-0.2, -0.15) is 0 Å². The summed E-state index contributed by atoms with van der Waals surface area (Å²) in [4.78, 5) is 20.4. The molecule has 0 aliphatic heterocycles. The van der Waals surface area contributed by atoms with Gasteiger partial charge in [0.2, 0.25) is 0 Å². The van der Waals surface area contributed by atoms with Crippen molar-refractivity contribution >= 4 is 46.5 Å². The van der Waals surface area contributed by atoms with Gasteiger partial charge in [-0.15, -0.1) is 0 Å². The molecule has 0 aliphatic carbocycles. The molecule has 1 aromatic carbocycles. The number of nitrogens with one attached hydrogen (secondary N) is 1. The van der Waals surface area contributed by atoms with Crippen LogP contribution in [0, 0.1) is 0 Å². The smallest absolute Gasteiger partial charge is 0.345 e. The summed E-state index contributed by atoms with van der Waals surface area (Å²) in [7, 11) is 0. The third kappa shape index (κ3) is 3.80. The van der Waals surface area contributed by atoms with Crippen molar-refractivity contribution in [3.05, 3.63) is 35.0 Å². The summed E-state index contributed by atoms with van der Waals surface area (Å²) in [5.41, 5.74) is 7.13. The second kappa shape index (κ2) is 7.33. The monoisotopic (exact) mass is 338 g/mol. The normalized spacial score (nSPS) is 10.3. The molecule has 8 heteroatoms. The highest BCUT2D eigenvalue weighted by molar-refractivity contribution is 7.98. The number of nitrogens with zero attached hydrogens (tertiary/aromatic N) is 2. The number of nitrogen functional groups attached to an aromatic ring is 1. The molecule has 2 aromatic rings. The first kappa shape index (κ1) is 16.4. The molecule has 1 aromatic heterocycles. The van der Waals surface area contributed by atoms with Crippen molar-refractivity contribution in [1.29, 1.82) is 0 Å².